The highest BCUT2D eigenvalue weighted by molar-refractivity contribution is 5.92. The molecule has 0 fully saturated rings. The maximum Gasteiger partial charge on any atom is 0.340 e. The molecule has 0 aliphatic carbocycles. The highest BCUT2D eigenvalue weighted by Gasteiger charge is 2.18. The van der Waals surface area contributed by atoms with Gasteiger partial charge in [-0.1, -0.05) is 13.8 Å². The molecule has 0 aliphatic rings. The first kappa shape index (κ1) is 10.8. The van der Waals surface area contributed by atoms with Gasteiger partial charge in [-0.15, -0.1) is 0 Å². The molecule has 0 radical (unpaired) electrons. The van der Waals surface area contributed by atoms with Crippen LogP contribution in [-0.2, 0) is 4.74 Å². The molecule has 0 atom stereocenters. The number of esters is 1. The van der Waals surface area contributed by atoms with Crippen LogP contribution in [0.4, 0.5) is 0 Å². The Morgan fingerprint density at radius 1 is 1.57 bits per heavy atom. The standard InChI is InChI=1S/C11H17NO2/c1-5-14-11(13)9-8(4)6-12-10(9)7(2)3/h6-7,12H,5H2,1-4H3. The molecule has 3 heteroatoms. The zero-order chi connectivity index (χ0) is 10.7. The summed E-state index contributed by atoms with van der Waals surface area (Å²) in [6.07, 6.45) is 1.85. The van der Waals surface area contributed by atoms with Crippen LogP contribution in [0.5, 0.6) is 0 Å². The van der Waals surface area contributed by atoms with Crippen LogP contribution >= 0.6 is 0 Å². The number of carbonyl (C=O) groups is 1. The van der Waals surface area contributed by atoms with Crippen LogP contribution in [0, 0.1) is 6.92 Å². The Morgan fingerprint density at radius 3 is 2.71 bits per heavy atom. The number of aromatic amines is 1. The lowest BCUT2D eigenvalue weighted by Crippen LogP contribution is -2.08. The molecular weight excluding hydrogens is 178 g/mol. The van der Waals surface area contributed by atoms with Crippen molar-refractivity contribution in [1.29, 1.82) is 0 Å². The van der Waals surface area contributed by atoms with Crippen LogP contribution in [0.15, 0.2) is 6.20 Å². The molecular formula is C11H17NO2. The van der Waals surface area contributed by atoms with Crippen molar-refractivity contribution in [2.24, 2.45) is 0 Å². The van der Waals surface area contributed by atoms with E-state index in [1.807, 2.05) is 33.9 Å². The average Bonchev–Trinajstić information content (AvgIpc) is 2.47. The second-order valence-corrected chi connectivity index (χ2v) is 3.64. The van der Waals surface area contributed by atoms with E-state index in [4.69, 9.17) is 4.74 Å². The van der Waals surface area contributed by atoms with Gasteiger partial charge in [0.2, 0.25) is 0 Å². The molecule has 0 aromatic carbocycles. The lowest BCUT2D eigenvalue weighted by atomic mass is 10.0. The molecule has 0 saturated carbocycles. The Bertz CT molecular complexity index is 326. The monoisotopic (exact) mass is 195 g/mol. The predicted octanol–water partition coefficient (Wildman–Crippen LogP) is 2.62. The number of hydrogen-bond donors (Lipinski definition) is 1. The number of aromatic nitrogens is 1. The third kappa shape index (κ3) is 1.97. The highest BCUT2D eigenvalue weighted by atomic mass is 16.5. The SMILES string of the molecule is CCOC(=O)c1c(C)c[nH]c1C(C)C. The van der Waals surface area contributed by atoms with E-state index < -0.39 is 0 Å². The minimum absolute atomic E-state index is 0.227. The number of carbonyl (C=O) groups excluding carboxylic acids is 1. The van der Waals surface area contributed by atoms with Gasteiger partial charge in [0.1, 0.15) is 0 Å². The zero-order valence-corrected chi connectivity index (χ0v) is 9.18. The van der Waals surface area contributed by atoms with E-state index in [-0.39, 0.29) is 5.97 Å². The van der Waals surface area contributed by atoms with Gasteiger partial charge in [-0.05, 0) is 25.3 Å². The first-order valence-electron chi connectivity index (χ1n) is 4.92. The molecule has 0 saturated heterocycles. The van der Waals surface area contributed by atoms with Gasteiger partial charge >= 0.3 is 5.97 Å². The Morgan fingerprint density at radius 2 is 2.21 bits per heavy atom. The third-order valence-electron chi connectivity index (χ3n) is 2.16. The molecule has 0 bridgehead atoms. The maximum absolute atomic E-state index is 11.6. The van der Waals surface area contributed by atoms with Crippen molar-refractivity contribution in [2.75, 3.05) is 6.61 Å². The molecule has 1 N–H and O–H groups in total. The maximum atomic E-state index is 11.6. The number of H-pyrrole nitrogens is 1. The Balaban J connectivity index is 3.04. The van der Waals surface area contributed by atoms with Crippen molar-refractivity contribution < 1.29 is 9.53 Å². The highest BCUT2D eigenvalue weighted by Crippen LogP contribution is 2.21. The van der Waals surface area contributed by atoms with Crippen LogP contribution < -0.4 is 0 Å². The Hall–Kier alpha value is -1.25. The van der Waals surface area contributed by atoms with Gasteiger partial charge in [-0.2, -0.15) is 0 Å². The molecule has 0 spiro atoms. The molecule has 1 heterocycles. The van der Waals surface area contributed by atoms with E-state index in [1.54, 1.807) is 0 Å². The van der Waals surface area contributed by atoms with Crippen LogP contribution in [0.3, 0.4) is 0 Å². The summed E-state index contributed by atoms with van der Waals surface area (Å²) in [5.74, 6) is 0.0815. The summed E-state index contributed by atoms with van der Waals surface area (Å²) in [5, 5.41) is 0. The minimum Gasteiger partial charge on any atom is -0.462 e. The summed E-state index contributed by atoms with van der Waals surface area (Å²) in [7, 11) is 0. The van der Waals surface area contributed by atoms with E-state index >= 15 is 0 Å². The first-order chi connectivity index (χ1) is 6.57. The van der Waals surface area contributed by atoms with Crippen LogP contribution in [-0.4, -0.2) is 17.6 Å². The Kier molecular flexibility index (Phi) is 3.33. The molecule has 0 amide bonds. The van der Waals surface area contributed by atoms with Crippen LogP contribution in [0.1, 0.15) is 48.3 Å². The number of hydrogen-bond acceptors (Lipinski definition) is 2. The summed E-state index contributed by atoms with van der Waals surface area (Å²) in [4.78, 5) is 14.7. The molecule has 0 aliphatic heterocycles. The fourth-order valence-electron chi connectivity index (χ4n) is 1.47. The van der Waals surface area contributed by atoms with Crippen molar-refractivity contribution >= 4 is 5.97 Å². The number of nitrogens with one attached hydrogen (secondary N) is 1. The van der Waals surface area contributed by atoms with Crippen LogP contribution in [0.25, 0.3) is 0 Å². The largest absolute Gasteiger partial charge is 0.462 e. The summed E-state index contributed by atoms with van der Waals surface area (Å²) < 4.78 is 5.00. The molecule has 1 aromatic heterocycles. The fourth-order valence-corrected chi connectivity index (χ4v) is 1.47. The van der Waals surface area contributed by atoms with Gasteiger partial charge < -0.3 is 9.72 Å². The fraction of sp³-hybridized carbons (Fsp3) is 0.545. The van der Waals surface area contributed by atoms with Gasteiger partial charge in [0.15, 0.2) is 0 Å². The topological polar surface area (TPSA) is 42.1 Å². The van der Waals surface area contributed by atoms with Crippen molar-refractivity contribution in [3.05, 3.63) is 23.0 Å². The van der Waals surface area contributed by atoms with Crippen molar-refractivity contribution in [3.63, 3.8) is 0 Å². The van der Waals surface area contributed by atoms with E-state index in [1.165, 1.54) is 0 Å². The molecule has 0 unspecified atom stereocenters. The van der Waals surface area contributed by atoms with Gasteiger partial charge in [-0.3, -0.25) is 0 Å². The summed E-state index contributed by atoms with van der Waals surface area (Å²) in [5.41, 5.74) is 2.61. The minimum atomic E-state index is -0.227. The predicted molar refractivity (Wildman–Crippen MR) is 55.6 cm³/mol. The lowest BCUT2D eigenvalue weighted by Gasteiger charge is -2.07. The number of aryl methyl sites for hydroxylation is 1. The molecule has 1 aromatic rings. The summed E-state index contributed by atoms with van der Waals surface area (Å²) in [6.45, 7) is 8.24. The van der Waals surface area contributed by atoms with E-state index in [2.05, 4.69) is 4.98 Å². The molecule has 1 rings (SSSR count). The van der Waals surface area contributed by atoms with Crippen molar-refractivity contribution in [3.8, 4) is 0 Å². The normalized spacial score (nSPS) is 10.6. The average molecular weight is 195 g/mol. The number of rotatable bonds is 3. The summed E-state index contributed by atoms with van der Waals surface area (Å²) in [6, 6.07) is 0. The lowest BCUT2D eigenvalue weighted by molar-refractivity contribution is 0.0524. The van der Waals surface area contributed by atoms with Crippen molar-refractivity contribution in [2.45, 2.75) is 33.6 Å². The molecule has 78 valence electrons. The van der Waals surface area contributed by atoms with Gasteiger partial charge in [0.05, 0.1) is 12.2 Å². The first-order valence-corrected chi connectivity index (χ1v) is 4.92. The second kappa shape index (κ2) is 4.31. The quantitative estimate of drug-likeness (QED) is 0.753. The van der Waals surface area contributed by atoms with Gasteiger partial charge in [0.25, 0.3) is 0 Å². The van der Waals surface area contributed by atoms with Crippen LogP contribution in [0.2, 0.25) is 0 Å². The number of ether oxygens (including phenoxy) is 1. The summed E-state index contributed by atoms with van der Waals surface area (Å²) >= 11 is 0. The smallest absolute Gasteiger partial charge is 0.340 e. The third-order valence-corrected chi connectivity index (χ3v) is 2.16. The van der Waals surface area contributed by atoms with E-state index in [9.17, 15) is 4.79 Å². The van der Waals surface area contributed by atoms with E-state index in [0.717, 1.165) is 11.3 Å². The zero-order valence-electron chi connectivity index (χ0n) is 9.18. The van der Waals surface area contributed by atoms with Gasteiger partial charge in [0, 0.05) is 11.9 Å². The Labute approximate surface area is 84.5 Å². The molecule has 3 nitrogen and oxygen atoms in total. The van der Waals surface area contributed by atoms with Gasteiger partial charge in [-0.25, -0.2) is 4.79 Å². The second-order valence-electron chi connectivity index (χ2n) is 3.64. The molecule has 14 heavy (non-hydrogen) atoms. The van der Waals surface area contributed by atoms with Crippen molar-refractivity contribution in [1.82, 2.24) is 4.98 Å². The van der Waals surface area contributed by atoms with E-state index in [0.29, 0.717) is 18.1 Å².